The summed E-state index contributed by atoms with van der Waals surface area (Å²) < 4.78 is 13.6. The number of benzene rings is 2. The van der Waals surface area contributed by atoms with Gasteiger partial charge >= 0.3 is 0 Å². The van der Waals surface area contributed by atoms with Crippen LogP contribution >= 0.6 is 0 Å². The van der Waals surface area contributed by atoms with E-state index in [1.165, 1.54) is 12.1 Å². The Morgan fingerprint density at radius 2 is 1.68 bits per heavy atom. The van der Waals surface area contributed by atoms with Crippen molar-refractivity contribution in [1.29, 1.82) is 0 Å². The van der Waals surface area contributed by atoms with Crippen molar-refractivity contribution in [2.24, 2.45) is 0 Å². The molecular weight excluding hydrogens is 397 g/mol. The second-order valence-corrected chi connectivity index (χ2v) is 8.12. The molecule has 1 heterocycles. The Morgan fingerprint density at radius 3 is 2.35 bits per heavy atom. The Bertz CT molecular complexity index is 1080. The number of pyridine rings is 1. The van der Waals surface area contributed by atoms with Crippen LogP contribution < -0.4 is 0 Å². The lowest BCUT2D eigenvalue weighted by molar-refractivity contribution is -0.0739. The van der Waals surface area contributed by atoms with E-state index >= 15 is 0 Å². The van der Waals surface area contributed by atoms with Crippen LogP contribution in [0.15, 0.2) is 54.6 Å². The fraction of sp³-hybridized carbons (Fsp3) is 0.320. The maximum atomic E-state index is 13.6. The quantitative estimate of drug-likeness (QED) is 0.414. The highest BCUT2D eigenvalue weighted by molar-refractivity contribution is 5.99. The minimum Gasteiger partial charge on any atom is -0.393 e. The predicted molar refractivity (Wildman–Crippen MR) is 118 cm³/mol. The van der Waals surface area contributed by atoms with Gasteiger partial charge in [0.25, 0.3) is 0 Å². The summed E-state index contributed by atoms with van der Waals surface area (Å²) in [5.41, 5.74) is 4.49. The van der Waals surface area contributed by atoms with Crippen molar-refractivity contribution in [1.82, 2.24) is 4.98 Å². The van der Waals surface area contributed by atoms with Gasteiger partial charge in [0.2, 0.25) is 0 Å². The zero-order valence-electron chi connectivity index (χ0n) is 17.0. The van der Waals surface area contributed by atoms with E-state index in [1.54, 1.807) is 18.2 Å². The van der Waals surface area contributed by atoms with Crippen molar-refractivity contribution in [2.75, 3.05) is 0 Å². The van der Waals surface area contributed by atoms with Crippen molar-refractivity contribution in [3.8, 4) is 11.1 Å². The van der Waals surface area contributed by atoms with E-state index in [0.717, 1.165) is 46.1 Å². The fourth-order valence-corrected chi connectivity index (χ4v) is 3.91. The zero-order chi connectivity index (χ0) is 22.0. The van der Waals surface area contributed by atoms with Crippen molar-refractivity contribution >= 4 is 17.0 Å². The van der Waals surface area contributed by atoms with Gasteiger partial charge in [-0.2, -0.15) is 0 Å². The Morgan fingerprint density at radius 1 is 0.968 bits per heavy atom. The number of rotatable bonds is 8. The molecule has 1 aliphatic rings. The number of aliphatic hydroxyl groups excluding tert-OH is 3. The lowest BCUT2D eigenvalue weighted by Crippen LogP contribution is -2.21. The van der Waals surface area contributed by atoms with Crippen molar-refractivity contribution in [2.45, 2.75) is 50.1 Å². The minimum atomic E-state index is -1.62. The monoisotopic (exact) mass is 423 g/mol. The number of aromatic nitrogens is 1. The normalized spacial score (nSPS) is 16.3. The molecule has 162 valence electrons. The zero-order valence-corrected chi connectivity index (χ0v) is 17.0. The van der Waals surface area contributed by atoms with Gasteiger partial charge in [-0.25, -0.2) is 4.39 Å². The average molecular weight is 423 g/mol. The molecule has 1 aliphatic carbocycles. The summed E-state index contributed by atoms with van der Waals surface area (Å²) in [5.74, 6) is 0.0350. The summed E-state index contributed by atoms with van der Waals surface area (Å²) in [5, 5.41) is 39.2. The van der Waals surface area contributed by atoms with Gasteiger partial charge in [-0.3, -0.25) is 4.98 Å². The lowest BCUT2D eigenvalue weighted by atomic mass is 9.92. The Labute approximate surface area is 180 Å². The van der Waals surface area contributed by atoms with Crippen LogP contribution in [0.4, 0.5) is 4.39 Å². The van der Waals surface area contributed by atoms with Gasteiger partial charge in [0, 0.05) is 35.3 Å². The van der Waals surface area contributed by atoms with Crippen molar-refractivity contribution in [3.63, 3.8) is 0 Å². The van der Waals surface area contributed by atoms with Gasteiger partial charge in [-0.05, 0) is 36.6 Å². The molecule has 2 atom stereocenters. The first-order valence-electron chi connectivity index (χ1n) is 10.5. The first-order valence-corrected chi connectivity index (χ1v) is 10.5. The van der Waals surface area contributed by atoms with Gasteiger partial charge in [0.15, 0.2) is 6.29 Å². The van der Waals surface area contributed by atoms with Crippen molar-refractivity contribution < 1.29 is 24.8 Å². The van der Waals surface area contributed by atoms with E-state index in [-0.39, 0.29) is 18.7 Å². The molecule has 5 nitrogen and oxygen atoms in total. The maximum Gasteiger partial charge on any atom is 0.153 e. The molecule has 1 aromatic heterocycles. The van der Waals surface area contributed by atoms with E-state index in [0.29, 0.717) is 5.92 Å². The van der Waals surface area contributed by atoms with Crippen molar-refractivity contribution in [3.05, 3.63) is 71.7 Å². The minimum absolute atomic E-state index is 0.0141. The number of halogens is 1. The van der Waals surface area contributed by atoms with Crippen LogP contribution in [-0.2, 0) is 0 Å². The molecular formula is C25H26FNO4. The molecule has 1 saturated carbocycles. The predicted octanol–water partition coefficient (Wildman–Crippen LogP) is 3.74. The topological polar surface area (TPSA) is 93.8 Å². The van der Waals surface area contributed by atoms with Crippen LogP contribution in [0.3, 0.4) is 0 Å². The van der Waals surface area contributed by atoms with Gasteiger partial charge in [0.1, 0.15) is 5.82 Å². The highest BCUT2D eigenvalue weighted by atomic mass is 19.1. The molecule has 31 heavy (non-hydrogen) atoms. The summed E-state index contributed by atoms with van der Waals surface area (Å²) in [6.45, 7) is 0. The maximum absolute atomic E-state index is 13.6. The summed E-state index contributed by atoms with van der Waals surface area (Å²) in [6, 6.07) is 14.2. The highest BCUT2D eigenvalue weighted by Crippen LogP contribution is 2.45. The SMILES string of the molecule is OC(O)CC(O)CC(O)C=Cc1c(C2CC2)nc2ccccc2c1-c1ccc(F)cc1. The molecule has 0 aliphatic heterocycles. The van der Waals surface area contributed by atoms with Gasteiger partial charge in [-0.1, -0.05) is 42.5 Å². The van der Waals surface area contributed by atoms with Crippen LogP contribution in [0.5, 0.6) is 0 Å². The number of nitrogens with zero attached hydrogens (tertiary/aromatic N) is 1. The van der Waals surface area contributed by atoms with E-state index in [1.807, 2.05) is 30.3 Å². The van der Waals surface area contributed by atoms with E-state index in [9.17, 15) is 14.6 Å². The number of para-hydroxylation sites is 1. The Balaban J connectivity index is 1.78. The number of aliphatic hydroxyl groups is 4. The first kappa shape index (κ1) is 21.6. The first-order chi connectivity index (χ1) is 14.9. The highest BCUT2D eigenvalue weighted by Gasteiger charge is 2.29. The molecule has 0 radical (unpaired) electrons. The van der Waals surface area contributed by atoms with Crippen LogP contribution in [0.1, 0.15) is 42.9 Å². The molecule has 3 aromatic rings. The molecule has 2 aromatic carbocycles. The summed E-state index contributed by atoms with van der Waals surface area (Å²) >= 11 is 0. The molecule has 0 bridgehead atoms. The summed E-state index contributed by atoms with van der Waals surface area (Å²) in [4.78, 5) is 4.90. The Hall–Kier alpha value is -2.64. The van der Waals surface area contributed by atoms with Gasteiger partial charge < -0.3 is 20.4 Å². The third-order valence-electron chi connectivity index (χ3n) is 5.54. The molecule has 4 rings (SSSR count). The summed E-state index contributed by atoms with van der Waals surface area (Å²) in [7, 11) is 0. The third-order valence-corrected chi connectivity index (χ3v) is 5.54. The van der Waals surface area contributed by atoms with Gasteiger partial charge in [-0.15, -0.1) is 0 Å². The van der Waals surface area contributed by atoms with Gasteiger partial charge in [0.05, 0.1) is 23.4 Å². The molecule has 1 fully saturated rings. The molecule has 2 unspecified atom stereocenters. The van der Waals surface area contributed by atoms with E-state index in [2.05, 4.69) is 0 Å². The molecule has 4 N–H and O–H groups in total. The molecule has 0 saturated heterocycles. The fourth-order valence-electron chi connectivity index (χ4n) is 3.91. The third kappa shape index (κ3) is 5.17. The van der Waals surface area contributed by atoms with E-state index in [4.69, 9.17) is 15.2 Å². The second kappa shape index (κ2) is 9.24. The van der Waals surface area contributed by atoms with E-state index < -0.39 is 18.5 Å². The number of fused-ring (bicyclic) bond motifs is 1. The molecule has 0 spiro atoms. The molecule has 0 amide bonds. The number of hydrogen-bond donors (Lipinski definition) is 4. The lowest BCUT2D eigenvalue weighted by Gasteiger charge is -2.17. The van der Waals surface area contributed by atoms with Crippen LogP contribution in [-0.4, -0.2) is 43.9 Å². The molecule has 6 heteroatoms. The van der Waals surface area contributed by atoms with Crippen LogP contribution in [0, 0.1) is 5.82 Å². The standard InChI is InChI=1S/C25H26FNO4/c26-17-9-7-15(8-10-17)24-20-3-1-2-4-22(20)27-25(16-5-6-16)21(24)12-11-18(28)13-19(29)14-23(30)31/h1-4,7-12,16,18-19,23,28-31H,5-6,13-14H2. The average Bonchev–Trinajstić information content (AvgIpc) is 3.56. The Kier molecular flexibility index (Phi) is 6.43. The number of hydrogen-bond acceptors (Lipinski definition) is 5. The van der Waals surface area contributed by atoms with Crippen LogP contribution in [0.2, 0.25) is 0 Å². The smallest absolute Gasteiger partial charge is 0.153 e. The largest absolute Gasteiger partial charge is 0.393 e. The second-order valence-electron chi connectivity index (χ2n) is 8.12. The van der Waals surface area contributed by atoms with Crippen LogP contribution in [0.25, 0.3) is 28.1 Å². The summed E-state index contributed by atoms with van der Waals surface area (Å²) in [6.07, 6.45) is 1.65.